The smallest absolute Gasteiger partial charge is 0.410 e. The predicted molar refractivity (Wildman–Crippen MR) is 128 cm³/mol. The van der Waals surface area contributed by atoms with Crippen molar-refractivity contribution in [2.24, 2.45) is 0 Å². The Morgan fingerprint density at radius 1 is 1.09 bits per heavy atom. The highest BCUT2D eigenvalue weighted by Crippen LogP contribution is 2.27. The van der Waals surface area contributed by atoms with Gasteiger partial charge in [-0.2, -0.15) is 0 Å². The molecule has 2 aromatic carbocycles. The first-order valence-electron chi connectivity index (χ1n) is 10.6. The molecule has 7 heteroatoms. The number of benzene rings is 2. The van der Waals surface area contributed by atoms with Crippen molar-refractivity contribution in [1.29, 1.82) is 0 Å². The molecule has 0 unspecified atom stereocenters. The zero-order valence-corrected chi connectivity index (χ0v) is 19.6. The number of thioether (sulfide) groups is 1. The van der Waals surface area contributed by atoms with Gasteiger partial charge in [-0.25, -0.2) is 4.79 Å². The zero-order valence-electron chi connectivity index (χ0n) is 18.8. The van der Waals surface area contributed by atoms with Gasteiger partial charge in [-0.1, -0.05) is 49.4 Å². The van der Waals surface area contributed by atoms with E-state index in [9.17, 15) is 14.4 Å². The van der Waals surface area contributed by atoms with Crippen LogP contribution >= 0.6 is 11.8 Å². The second-order valence-corrected chi connectivity index (χ2v) is 9.57. The summed E-state index contributed by atoms with van der Waals surface area (Å²) in [6.07, 6.45) is 2.25. The lowest BCUT2D eigenvalue weighted by Gasteiger charge is -2.34. The molecule has 6 nitrogen and oxygen atoms in total. The van der Waals surface area contributed by atoms with Crippen LogP contribution in [0.5, 0.6) is 0 Å². The minimum absolute atomic E-state index is 0.202. The number of carbonyl (C=O) groups excluding carboxylic acids is 3. The summed E-state index contributed by atoms with van der Waals surface area (Å²) in [6.45, 7) is 8.89. The van der Waals surface area contributed by atoms with Crippen molar-refractivity contribution in [1.82, 2.24) is 10.2 Å². The van der Waals surface area contributed by atoms with Crippen LogP contribution in [0.3, 0.4) is 0 Å². The van der Waals surface area contributed by atoms with Crippen molar-refractivity contribution in [2.75, 3.05) is 6.54 Å². The molecule has 168 valence electrons. The zero-order chi connectivity index (χ0) is 23.3. The highest BCUT2D eigenvalue weighted by molar-refractivity contribution is 8.18. The topological polar surface area (TPSA) is 75.7 Å². The third kappa shape index (κ3) is 6.01. The van der Waals surface area contributed by atoms with Gasteiger partial charge in [-0.05, 0) is 73.4 Å². The van der Waals surface area contributed by atoms with E-state index in [-0.39, 0.29) is 29.4 Å². The molecule has 0 radical (unpaired) electrons. The molecule has 1 fully saturated rings. The molecule has 2 aromatic rings. The standard InChI is InChI=1S/C25H28N2O4S/c1-5-13-27(25(2,3)4)24(30)31-16-18-7-6-8-20(14-18)19-11-9-17(10-12-19)15-21-22(28)26-23(29)32-21/h6-12,14-15H,5,13,16H2,1-4H3,(H,26,28,29). The van der Waals surface area contributed by atoms with Crippen LogP contribution in [-0.2, 0) is 16.1 Å². The van der Waals surface area contributed by atoms with Crippen molar-refractivity contribution in [2.45, 2.75) is 46.3 Å². The maximum absolute atomic E-state index is 12.6. The summed E-state index contributed by atoms with van der Waals surface area (Å²) in [5.41, 5.74) is 3.45. The fourth-order valence-electron chi connectivity index (χ4n) is 3.33. The minimum atomic E-state index is -0.365. The van der Waals surface area contributed by atoms with Crippen molar-refractivity contribution in [3.05, 3.63) is 64.6 Å². The average molecular weight is 453 g/mol. The molecule has 0 saturated carbocycles. The highest BCUT2D eigenvalue weighted by Gasteiger charge is 2.27. The number of imide groups is 1. The lowest BCUT2D eigenvalue weighted by atomic mass is 10.0. The molecule has 32 heavy (non-hydrogen) atoms. The van der Waals surface area contributed by atoms with Gasteiger partial charge in [0.15, 0.2) is 0 Å². The summed E-state index contributed by atoms with van der Waals surface area (Å²) in [5.74, 6) is -0.365. The van der Waals surface area contributed by atoms with Gasteiger partial charge in [-0.3, -0.25) is 14.9 Å². The summed E-state index contributed by atoms with van der Waals surface area (Å²) in [6, 6.07) is 15.6. The fourth-order valence-corrected chi connectivity index (χ4v) is 4.01. The summed E-state index contributed by atoms with van der Waals surface area (Å²) in [5, 5.41) is 1.90. The van der Waals surface area contributed by atoms with Crippen LogP contribution in [0.25, 0.3) is 17.2 Å². The quantitative estimate of drug-likeness (QED) is 0.559. The van der Waals surface area contributed by atoms with Crippen molar-refractivity contribution in [3.63, 3.8) is 0 Å². The van der Waals surface area contributed by atoms with Gasteiger partial charge in [-0.15, -0.1) is 0 Å². The van der Waals surface area contributed by atoms with Gasteiger partial charge in [0.1, 0.15) is 6.61 Å². The van der Waals surface area contributed by atoms with Crippen LogP contribution in [0.1, 0.15) is 45.2 Å². The van der Waals surface area contributed by atoms with Gasteiger partial charge in [0.25, 0.3) is 11.1 Å². The Labute approximate surface area is 193 Å². The van der Waals surface area contributed by atoms with Crippen LogP contribution in [0.15, 0.2) is 53.4 Å². The number of carbonyl (C=O) groups is 3. The summed E-state index contributed by atoms with van der Waals surface area (Å²) in [7, 11) is 0. The monoisotopic (exact) mass is 452 g/mol. The second-order valence-electron chi connectivity index (χ2n) is 8.55. The Hall–Kier alpha value is -3.06. The lowest BCUT2D eigenvalue weighted by molar-refractivity contribution is -0.115. The average Bonchev–Trinajstić information content (AvgIpc) is 3.06. The number of hydrogen-bond acceptors (Lipinski definition) is 5. The molecule has 1 heterocycles. The second kappa shape index (κ2) is 10.0. The number of nitrogens with zero attached hydrogens (tertiary/aromatic N) is 1. The SMILES string of the molecule is CCCN(C(=O)OCc1cccc(-c2ccc(C=C3SC(=O)NC3=O)cc2)c1)C(C)(C)C. The Bertz CT molecular complexity index is 1040. The van der Waals surface area contributed by atoms with Crippen LogP contribution in [0.2, 0.25) is 0 Å². The Balaban J connectivity index is 1.68. The first-order valence-corrected chi connectivity index (χ1v) is 11.4. The third-order valence-electron chi connectivity index (χ3n) is 4.95. The molecule has 1 aliphatic rings. The van der Waals surface area contributed by atoms with E-state index in [1.165, 1.54) is 0 Å². The molecule has 0 spiro atoms. The van der Waals surface area contributed by atoms with E-state index >= 15 is 0 Å². The van der Waals surface area contributed by atoms with Gasteiger partial charge in [0.05, 0.1) is 4.91 Å². The largest absolute Gasteiger partial charge is 0.445 e. The fraction of sp³-hybridized carbons (Fsp3) is 0.320. The van der Waals surface area contributed by atoms with Gasteiger partial charge in [0.2, 0.25) is 0 Å². The normalized spacial score (nSPS) is 15.1. The summed E-state index contributed by atoms with van der Waals surface area (Å²) in [4.78, 5) is 37.7. The number of rotatable bonds is 6. The molecule has 0 aromatic heterocycles. The Kier molecular flexibility index (Phi) is 7.40. The Morgan fingerprint density at radius 3 is 2.41 bits per heavy atom. The number of hydrogen-bond donors (Lipinski definition) is 1. The van der Waals surface area contributed by atoms with Gasteiger partial charge < -0.3 is 9.64 Å². The van der Waals surface area contributed by atoms with E-state index in [0.717, 1.165) is 40.4 Å². The van der Waals surface area contributed by atoms with Crippen LogP contribution in [0.4, 0.5) is 9.59 Å². The maximum Gasteiger partial charge on any atom is 0.410 e. The molecule has 1 aliphatic heterocycles. The summed E-state index contributed by atoms with van der Waals surface area (Å²) >= 11 is 0.902. The first kappa shape index (κ1) is 23.6. The van der Waals surface area contributed by atoms with E-state index in [4.69, 9.17) is 4.74 Å². The molecule has 1 N–H and O–H groups in total. The van der Waals surface area contributed by atoms with E-state index in [0.29, 0.717) is 11.4 Å². The van der Waals surface area contributed by atoms with Gasteiger partial charge >= 0.3 is 6.09 Å². The predicted octanol–water partition coefficient (Wildman–Crippen LogP) is 5.82. The van der Waals surface area contributed by atoms with E-state index in [2.05, 4.69) is 5.32 Å². The first-order chi connectivity index (χ1) is 15.2. The number of amides is 3. The lowest BCUT2D eigenvalue weighted by Crippen LogP contribution is -2.46. The molecule has 3 amide bonds. The van der Waals surface area contributed by atoms with E-state index < -0.39 is 0 Å². The van der Waals surface area contributed by atoms with Crippen molar-refractivity contribution < 1.29 is 19.1 Å². The Morgan fingerprint density at radius 2 is 1.81 bits per heavy atom. The van der Waals surface area contributed by atoms with Gasteiger partial charge in [0, 0.05) is 12.1 Å². The van der Waals surface area contributed by atoms with E-state index in [1.807, 2.05) is 76.2 Å². The molecule has 0 atom stereocenters. The minimum Gasteiger partial charge on any atom is -0.445 e. The van der Waals surface area contributed by atoms with E-state index in [1.54, 1.807) is 11.0 Å². The molecule has 0 aliphatic carbocycles. The van der Waals surface area contributed by atoms with Crippen LogP contribution < -0.4 is 5.32 Å². The number of ether oxygens (including phenoxy) is 1. The third-order valence-corrected chi connectivity index (χ3v) is 5.76. The molecular formula is C25H28N2O4S. The molecule has 1 saturated heterocycles. The molecule has 3 rings (SSSR count). The number of nitrogens with one attached hydrogen (secondary N) is 1. The molecular weight excluding hydrogens is 424 g/mol. The maximum atomic E-state index is 12.6. The van der Waals surface area contributed by atoms with Crippen LogP contribution in [-0.4, -0.2) is 34.2 Å². The summed E-state index contributed by atoms with van der Waals surface area (Å²) < 4.78 is 5.58. The van der Waals surface area contributed by atoms with Crippen molar-refractivity contribution in [3.8, 4) is 11.1 Å². The highest BCUT2D eigenvalue weighted by atomic mass is 32.2. The van der Waals surface area contributed by atoms with Crippen LogP contribution in [0, 0.1) is 0 Å². The van der Waals surface area contributed by atoms with Crippen molar-refractivity contribution >= 4 is 35.1 Å². The molecule has 0 bridgehead atoms.